The van der Waals surface area contributed by atoms with Gasteiger partial charge in [0.15, 0.2) is 0 Å². The van der Waals surface area contributed by atoms with Crippen LogP contribution < -0.4 is 5.32 Å². The Morgan fingerprint density at radius 3 is 2.42 bits per heavy atom. The molecule has 0 aliphatic rings. The zero-order chi connectivity index (χ0) is 14.6. The second-order valence-electron chi connectivity index (χ2n) is 4.54. The summed E-state index contributed by atoms with van der Waals surface area (Å²) < 4.78 is 0. The zero-order valence-corrected chi connectivity index (χ0v) is 12.4. The molecular weight excluding hydrogens is 268 g/mol. The van der Waals surface area contributed by atoms with Gasteiger partial charge in [0.1, 0.15) is 5.69 Å². The van der Waals surface area contributed by atoms with Gasteiger partial charge in [-0.2, -0.15) is 4.98 Å². The lowest BCUT2D eigenvalue weighted by atomic mass is 9.95. The van der Waals surface area contributed by atoms with Crippen LogP contribution in [0.2, 0.25) is 5.28 Å². The first-order chi connectivity index (χ1) is 8.90. The largest absolute Gasteiger partial charge is 0.361 e. The Hall–Kier alpha value is -1.43. The number of hydrogen-bond acceptors (Lipinski definition) is 5. The lowest BCUT2D eigenvalue weighted by Gasteiger charge is -2.22. The zero-order valence-electron chi connectivity index (χ0n) is 11.6. The SMILES string of the molecule is CCC(CC)C(C)Nc1nc(Cl)nc(C)c1[N+](=O)[O-]. The van der Waals surface area contributed by atoms with Gasteiger partial charge in [-0.3, -0.25) is 10.1 Å². The van der Waals surface area contributed by atoms with E-state index in [0.29, 0.717) is 5.92 Å². The summed E-state index contributed by atoms with van der Waals surface area (Å²) in [6.45, 7) is 7.74. The molecule has 6 nitrogen and oxygen atoms in total. The van der Waals surface area contributed by atoms with Gasteiger partial charge in [0, 0.05) is 6.04 Å². The fraction of sp³-hybridized carbons (Fsp3) is 0.667. The standard InChI is InChI=1S/C12H19ClN4O2/c1-5-9(6-2)7(3)14-11-10(17(18)19)8(4)15-12(13)16-11/h7,9H,5-6H2,1-4H3,(H,14,15,16). The lowest BCUT2D eigenvalue weighted by molar-refractivity contribution is -0.385. The summed E-state index contributed by atoms with van der Waals surface area (Å²) in [5.41, 5.74) is 0.159. The van der Waals surface area contributed by atoms with Gasteiger partial charge in [-0.15, -0.1) is 0 Å². The molecule has 19 heavy (non-hydrogen) atoms. The number of hydrogen-bond donors (Lipinski definition) is 1. The van der Waals surface area contributed by atoms with Crippen molar-refractivity contribution in [1.29, 1.82) is 0 Å². The molecule has 0 radical (unpaired) electrons. The van der Waals surface area contributed by atoms with Gasteiger partial charge in [-0.1, -0.05) is 26.7 Å². The second-order valence-corrected chi connectivity index (χ2v) is 4.88. The van der Waals surface area contributed by atoms with E-state index in [9.17, 15) is 10.1 Å². The summed E-state index contributed by atoms with van der Waals surface area (Å²) in [5, 5.41) is 14.2. The minimum absolute atomic E-state index is 0.0161. The topological polar surface area (TPSA) is 81.0 Å². The molecule has 0 aliphatic carbocycles. The summed E-state index contributed by atoms with van der Waals surface area (Å²) in [5.74, 6) is 0.621. The smallest absolute Gasteiger partial charge is 0.332 e. The van der Waals surface area contributed by atoms with Crippen LogP contribution >= 0.6 is 11.6 Å². The first kappa shape index (κ1) is 15.6. The first-order valence-electron chi connectivity index (χ1n) is 6.35. The van der Waals surface area contributed by atoms with E-state index in [0.717, 1.165) is 12.8 Å². The number of rotatable bonds is 6. The van der Waals surface area contributed by atoms with E-state index in [4.69, 9.17) is 11.6 Å². The van der Waals surface area contributed by atoms with E-state index < -0.39 is 4.92 Å². The average Bonchev–Trinajstić information content (AvgIpc) is 2.28. The fourth-order valence-electron chi connectivity index (χ4n) is 2.18. The van der Waals surface area contributed by atoms with Crippen LogP contribution in [0, 0.1) is 23.0 Å². The van der Waals surface area contributed by atoms with Gasteiger partial charge in [-0.25, -0.2) is 4.98 Å². The molecule has 0 aliphatic heterocycles. The molecule has 1 N–H and O–H groups in total. The van der Waals surface area contributed by atoms with Gasteiger partial charge in [0.05, 0.1) is 4.92 Å². The molecule has 1 rings (SSSR count). The van der Waals surface area contributed by atoms with E-state index in [2.05, 4.69) is 29.1 Å². The number of nitrogens with zero attached hydrogens (tertiary/aromatic N) is 3. The highest BCUT2D eigenvalue weighted by Crippen LogP contribution is 2.28. The third-order valence-electron chi connectivity index (χ3n) is 3.33. The third kappa shape index (κ3) is 3.76. The van der Waals surface area contributed by atoms with Crippen molar-refractivity contribution in [2.75, 3.05) is 5.32 Å². The Kier molecular flexibility index (Phi) is 5.47. The highest BCUT2D eigenvalue weighted by Gasteiger charge is 2.24. The van der Waals surface area contributed by atoms with E-state index in [1.807, 2.05) is 6.92 Å². The summed E-state index contributed by atoms with van der Waals surface area (Å²) >= 11 is 5.77. The molecule has 0 saturated heterocycles. The quantitative estimate of drug-likeness (QED) is 0.491. The fourth-order valence-corrected chi connectivity index (χ4v) is 2.39. The molecule has 0 aromatic carbocycles. The Bertz CT molecular complexity index is 463. The van der Waals surface area contributed by atoms with E-state index in [-0.39, 0.29) is 28.5 Å². The Morgan fingerprint density at radius 1 is 1.37 bits per heavy atom. The summed E-state index contributed by atoms with van der Waals surface area (Å²) in [4.78, 5) is 18.4. The van der Waals surface area contributed by atoms with E-state index in [1.54, 1.807) is 6.92 Å². The van der Waals surface area contributed by atoms with Crippen LogP contribution in [0.3, 0.4) is 0 Å². The molecule has 0 spiro atoms. The van der Waals surface area contributed by atoms with Crippen molar-refractivity contribution < 1.29 is 4.92 Å². The molecule has 1 heterocycles. The number of nitrogens with one attached hydrogen (secondary N) is 1. The summed E-state index contributed by atoms with van der Waals surface area (Å²) in [7, 11) is 0. The minimum Gasteiger partial charge on any atom is -0.361 e. The van der Waals surface area contributed by atoms with Crippen LogP contribution in [0.15, 0.2) is 0 Å². The molecule has 1 unspecified atom stereocenters. The molecule has 0 saturated carbocycles. The maximum absolute atomic E-state index is 11.1. The first-order valence-corrected chi connectivity index (χ1v) is 6.73. The van der Waals surface area contributed by atoms with Crippen molar-refractivity contribution in [2.24, 2.45) is 5.92 Å². The Labute approximate surface area is 117 Å². The van der Waals surface area contributed by atoms with Gasteiger partial charge < -0.3 is 5.32 Å². The number of nitro groups is 1. The van der Waals surface area contributed by atoms with Crippen LogP contribution in [0.25, 0.3) is 0 Å². The molecule has 106 valence electrons. The Balaban J connectivity index is 3.09. The lowest BCUT2D eigenvalue weighted by Crippen LogP contribution is -2.26. The van der Waals surface area contributed by atoms with Crippen LogP contribution in [-0.4, -0.2) is 20.9 Å². The number of anilines is 1. The average molecular weight is 287 g/mol. The monoisotopic (exact) mass is 286 g/mol. The highest BCUT2D eigenvalue weighted by atomic mass is 35.5. The second kappa shape index (κ2) is 6.65. The van der Waals surface area contributed by atoms with Crippen molar-refractivity contribution in [2.45, 2.75) is 46.6 Å². The van der Waals surface area contributed by atoms with Gasteiger partial charge in [-0.05, 0) is 31.4 Å². The summed E-state index contributed by atoms with van der Waals surface area (Å²) in [6, 6.07) is 0.0825. The van der Waals surface area contributed by atoms with E-state index in [1.165, 1.54) is 0 Å². The molecule has 0 bridgehead atoms. The molecule has 1 aromatic rings. The normalized spacial score (nSPS) is 12.5. The van der Waals surface area contributed by atoms with Crippen LogP contribution in [0.1, 0.15) is 39.3 Å². The van der Waals surface area contributed by atoms with Crippen molar-refractivity contribution in [1.82, 2.24) is 9.97 Å². The van der Waals surface area contributed by atoms with Gasteiger partial charge in [0.2, 0.25) is 11.1 Å². The van der Waals surface area contributed by atoms with Crippen molar-refractivity contribution in [3.63, 3.8) is 0 Å². The predicted molar refractivity (Wildman–Crippen MR) is 75.6 cm³/mol. The van der Waals surface area contributed by atoms with Gasteiger partial charge in [0.25, 0.3) is 0 Å². The third-order valence-corrected chi connectivity index (χ3v) is 3.50. The summed E-state index contributed by atoms with van der Waals surface area (Å²) in [6.07, 6.45) is 1.99. The highest BCUT2D eigenvalue weighted by molar-refractivity contribution is 6.28. The molecule has 0 amide bonds. The van der Waals surface area contributed by atoms with Crippen molar-refractivity contribution >= 4 is 23.1 Å². The van der Waals surface area contributed by atoms with Crippen LogP contribution in [0.5, 0.6) is 0 Å². The van der Waals surface area contributed by atoms with Crippen molar-refractivity contribution in [3.05, 3.63) is 21.1 Å². The van der Waals surface area contributed by atoms with Crippen LogP contribution in [-0.2, 0) is 0 Å². The predicted octanol–water partition coefficient (Wildman–Crippen LogP) is 3.58. The molecule has 1 atom stereocenters. The minimum atomic E-state index is -0.479. The van der Waals surface area contributed by atoms with Crippen LogP contribution in [0.4, 0.5) is 11.5 Å². The number of aryl methyl sites for hydroxylation is 1. The molecule has 7 heteroatoms. The number of halogens is 1. The van der Waals surface area contributed by atoms with Crippen molar-refractivity contribution in [3.8, 4) is 0 Å². The maximum Gasteiger partial charge on any atom is 0.332 e. The molecule has 1 aromatic heterocycles. The number of aromatic nitrogens is 2. The maximum atomic E-state index is 11.1. The molecule has 0 fully saturated rings. The van der Waals surface area contributed by atoms with E-state index >= 15 is 0 Å². The van der Waals surface area contributed by atoms with Gasteiger partial charge >= 0.3 is 5.69 Å². The molecular formula is C12H19ClN4O2. The Morgan fingerprint density at radius 2 is 1.95 bits per heavy atom.